The average Bonchev–Trinajstić information content (AvgIpc) is 2.99. The van der Waals surface area contributed by atoms with Crippen molar-refractivity contribution in [1.29, 1.82) is 0 Å². The predicted molar refractivity (Wildman–Crippen MR) is 93.6 cm³/mol. The van der Waals surface area contributed by atoms with Crippen molar-refractivity contribution in [3.05, 3.63) is 66.0 Å². The zero-order chi connectivity index (χ0) is 16.8. The first-order chi connectivity index (χ1) is 11.8. The molecule has 0 spiro atoms. The van der Waals surface area contributed by atoms with Gasteiger partial charge >= 0.3 is 0 Å². The van der Waals surface area contributed by atoms with Crippen molar-refractivity contribution in [3.8, 4) is 11.4 Å². The topological polar surface area (TPSA) is 39.9 Å². The van der Waals surface area contributed by atoms with Gasteiger partial charge in [-0.25, -0.2) is 4.39 Å². The van der Waals surface area contributed by atoms with Gasteiger partial charge in [-0.15, -0.1) is 10.2 Å². The highest BCUT2D eigenvalue weighted by molar-refractivity contribution is 7.99. The lowest BCUT2D eigenvalue weighted by atomic mass is 10.2. The van der Waals surface area contributed by atoms with E-state index in [-0.39, 0.29) is 5.82 Å². The molecule has 24 heavy (non-hydrogen) atoms. The molecule has 3 rings (SSSR count). The normalized spacial score (nSPS) is 10.9. The van der Waals surface area contributed by atoms with E-state index in [9.17, 15) is 4.39 Å². The number of hydrogen-bond donors (Lipinski definition) is 0. The third kappa shape index (κ3) is 4.01. The summed E-state index contributed by atoms with van der Waals surface area (Å²) in [5.41, 5.74) is 2.01. The van der Waals surface area contributed by atoms with E-state index in [1.165, 1.54) is 12.1 Å². The van der Waals surface area contributed by atoms with Gasteiger partial charge < -0.3 is 4.74 Å². The van der Waals surface area contributed by atoms with Crippen LogP contribution < -0.4 is 0 Å². The first-order valence-corrected chi connectivity index (χ1v) is 8.61. The van der Waals surface area contributed by atoms with E-state index in [4.69, 9.17) is 4.74 Å². The summed E-state index contributed by atoms with van der Waals surface area (Å²) >= 11 is 1.60. The minimum Gasteiger partial charge on any atom is -0.384 e. The number of halogens is 1. The molecule has 0 aliphatic rings. The van der Waals surface area contributed by atoms with E-state index in [0.717, 1.165) is 27.9 Å². The van der Waals surface area contributed by atoms with Crippen LogP contribution in [0.1, 0.15) is 5.56 Å². The van der Waals surface area contributed by atoms with Gasteiger partial charge in [0.2, 0.25) is 0 Å². The average molecular weight is 343 g/mol. The second-order valence-corrected chi connectivity index (χ2v) is 6.29. The van der Waals surface area contributed by atoms with Crippen molar-refractivity contribution in [2.24, 2.45) is 0 Å². The fourth-order valence-electron chi connectivity index (χ4n) is 2.33. The number of thioether (sulfide) groups is 1. The van der Waals surface area contributed by atoms with E-state index in [0.29, 0.717) is 13.2 Å². The minimum absolute atomic E-state index is 0.262. The maximum Gasteiger partial charge on any atom is 0.191 e. The van der Waals surface area contributed by atoms with Gasteiger partial charge in [0.05, 0.1) is 13.2 Å². The summed E-state index contributed by atoms with van der Waals surface area (Å²) in [6, 6.07) is 16.5. The van der Waals surface area contributed by atoms with Gasteiger partial charge in [0.25, 0.3) is 0 Å². The number of aromatic nitrogens is 3. The zero-order valence-electron chi connectivity index (χ0n) is 13.4. The van der Waals surface area contributed by atoms with Gasteiger partial charge in [-0.3, -0.25) is 4.57 Å². The second-order valence-electron chi connectivity index (χ2n) is 5.23. The maximum atomic E-state index is 13.2. The first-order valence-electron chi connectivity index (χ1n) is 7.62. The second kappa shape index (κ2) is 8.08. The molecule has 1 aromatic heterocycles. The Morgan fingerprint density at radius 1 is 1.04 bits per heavy atom. The van der Waals surface area contributed by atoms with Gasteiger partial charge in [0, 0.05) is 18.4 Å². The Balaban J connectivity index is 1.94. The fourth-order valence-corrected chi connectivity index (χ4v) is 3.17. The molecule has 3 aromatic rings. The van der Waals surface area contributed by atoms with Crippen LogP contribution >= 0.6 is 11.8 Å². The standard InChI is InChI=1S/C18H18FN3OS/c1-23-11-12-24-18-21-20-17(15-7-9-16(19)10-8-15)22(18)13-14-5-3-2-4-6-14/h2-10H,11-13H2,1H3. The maximum absolute atomic E-state index is 13.2. The van der Waals surface area contributed by atoms with Crippen LogP contribution in [0.25, 0.3) is 11.4 Å². The molecule has 0 aliphatic heterocycles. The molecule has 0 saturated carbocycles. The smallest absolute Gasteiger partial charge is 0.191 e. The van der Waals surface area contributed by atoms with Gasteiger partial charge in [-0.05, 0) is 29.8 Å². The Bertz CT molecular complexity index is 775. The van der Waals surface area contributed by atoms with Crippen molar-refractivity contribution >= 4 is 11.8 Å². The van der Waals surface area contributed by atoms with Gasteiger partial charge in [-0.2, -0.15) is 0 Å². The fraction of sp³-hybridized carbons (Fsp3) is 0.222. The van der Waals surface area contributed by atoms with Gasteiger partial charge in [0.15, 0.2) is 11.0 Å². The molecule has 0 unspecified atom stereocenters. The Morgan fingerprint density at radius 3 is 2.50 bits per heavy atom. The Morgan fingerprint density at radius 2 is 1.79 bits per heavy atom. The van der Waals surface area contributed by atoms with Crippen molar-refractivity contribution in [3.63, 3.8) is 0 Å². The number of methoxy groups -OCH3 is 1. The van der Waals surface area contributed by atoms with E-state index < -0.39 is 0 Å². The summed E-state index contributed by atoms with van der Waals surface area (Å²) in [5, 5.41) is 9.46. The zero-order valence-corrected chi connectivity index (χ0v) is 14.2. The van der Waals surface area contributed by atoms with E-state index in [1.807, 2.05) is 18.2 Å². The Labute approximate surface area is 144 Å². The molecule has 0 bridgehead atoms. The summed E-state index contributed by atoms with van der Waals surface area (Å²) in [6.07, 6.45) is 0. The molecule has 0 radical (unpaired) electrons. The molecular formula is C18H18FN3OS. The van der Waals surface area contributed by atoms with Crippen LogP contribution in [-0.2, 0) is 11.3 Å². The molecule has 0 amide bonds. The van der Waals surface area contributed by atoms with Crippen LogP contribution in [0.4, 0.5) is 4.39 Å². The first kappa shape index (κ1) is 16.7. The molecule has 2 aromatic carbocycles. The molecule has 0 fully saturated rings. The minimum atomic E-state index is -0.262. The largest absolute Gasteiger partial charge is 0.384 e. The number of nitrogens with zero attached hydrogens (tertiary/aromatic N) is 3. The highest BCUT2D eigenvalue weighted by Gasteiger charge is 2.14. The lowest BCUT2D eigenvalue weighted by Crippen LogP contribution is -2.05. The highest BCUT2D eigenvalue weighted by atomic mass is 32.2. The third-order valence-corrected chi connectivity index (χ3v) is 4.45. The van der Waals surface area contributed by atoms with E-state index in [1.54, 1.807) is 31.0 Å². The molecule has 0 saturated heterocycles. The van der Waals surface area contributed by atoms with E-state index in [2.05, 4.69) is 26.9 Å². The molecular weight excluding hydrogens is 325 g/mol. The molecule has 0 N–H and O–H groups in total. The monoisotopic (exact) mass is 343 g/mol. The van der Waals surface area contributed by atoms with E-state index >= 15 is 0 Å². The Kier molecular flexibility index (Phi) is 5.61. The summed E-state index contributed by atoms with van der Waals surface area (Å²) in [6.45, 7) is 1.31. The predicted octanol–water partition coefficient (Wildman–Crippen LogP) is 3.87. The molecule has 124 valence electrons. The summed E-state index contributed by atoms with van der Waals surface area (Å²) < 4.78 is 20.4. The van der Waals surface area contributed by atoms with Gasteiger partial charge in [-0.1, -0.05) is 42.1 Å². The third-order valence-electron chi connectivity index (χ3n) is 3.52. The number of rotatable bonds is 7. The summed E-state index contributed by atoms with van der Waals surface area (Å²) in [4.78, 5) is 0. The SMILES string of the molecule is COCCSc1nnc(-c2ccc(F)cc2)n1Cc1ccccc1. The summed E-state index contributed by atoms with van der Waals surface area (Å²) in [5.74, 6) is 1.27. The van der Waals surface area contributed by atoms with Crippen LogP contribution in [0.2, 0.25) is 0 Å². The van der Waals surface area contributed by atoms with Crippen LogP contribution in [0.5, 0.6) is 0 Å². The van der Waals surface area contributed by atoms with Crippen LogP contribution in [-0.4, -0.2) is 34.2 Å². The van der Waals surface area contributed by atoms with Crippen LogP contribution in [0.3, 0.4) is 0 Å². The van der Waals surface area contributed by atoms with Crippen molar-refractivity contribution in [2.75, 3.05) is 19.5 Å². The van der Waals surface area contributed by atoms with Crippen LogP contribution in [0, 0.1) is 5.82 Å². The van der Waals surface area contributed by atoms with Crippen molar-refractivity contribution < 1.29 is 9.13 Å². The highest BCUT2D eigenvalue weighted by Crippen LogP contribution is 2.25. The van der Waals surface area contributed by atoms with Gasteiger partial charge in [0.1, 0.15) is 5.82 Å². The molecule has 6 heteroatoms. The molecule has 0 atom stereocenters. The van der Waals surface area contributed by atoms with Crippen molar-refractivity contribution in [1.82, 2.24) is 14.8 Å². The summed E-state index contributed by atoms with van der Waals surface area (Å²) in [7, 11) is 1.68. The van der Waals surface area contributed by atoms with Crippen LogP contribution in [0.15, 0.2) is 59.8 Å². The Hall–Kier alpha value is -2.18. The lowest BCUT2D eigenvalue weighted by molar-refractivity contribution is 0.218. The number of hydrogen-bond acceptors (Lipinski definition) is 4. The molecule has 0 aliphatic carbocycles. The lowest BCUT2D eigenvalue weighted by Gasteiger charge is -2.10. The van der Waals surface area contributed by atoms with Crippen molar-refractivity contribution in [2.45, 2.75) is 11.7 Å². The molecule has 4 nitrogen and oxygen atoms in total. The number of ether oxygens (including phenoxy) is 1. The number of benzene rings is 2. The molecule has 1 heterocycles. The quantitative estimate of drug-likeness (QED) is 0.482.